The van der Waals surface area contributed by atoms with Crippen molar-refractivity contribution in [3.63, 3.8) is 0 Å². The first-order valence-electron chi connectivity index (χ1n) is 8.21. The third-order valence-corrected chi connectivity index (χ3v) is 4.21. The van der Waals surface area contributed by atoms with E-state index in [1.807, 2.05) is 30.3 Å². The van der Waals surface area contributed by atoms with Gasteiger partial charge in [-0.15, -0.1) is 0 Å². The van der Waals surface area contributed by atoms with Crippen LogP contribution >= 0.6 is 0 Å². The van der Waals surface area contributed by atoms with Crippen LogP contribution in [0, 0.1) is 0 Å². The molecule has 0 radical (unpaired) electrons. The molecule has 1 aliphatic rings. The lowest BCUT2D eigenvalue weighted by atomic mass is 10.1. The van der Waals surface area contributed by atoms with Gasteiger partial charge in [0, 0.05) is 26.2 Å². The topological polar surface area (TPSA) is 104 Å². The number of hydrogen-bond donors (Lipinski definition) is 1. The molecule has 1 aliphatic heterocycles. The first kappa shape index (κ1) is 17.5. The van der Waals surface area contributed by atoms with Gasteiger partial charge < -0.3 is 14.9 Å². The summed E-state index contributed by atoms with van der Waals surface area (Å²) in [4.78, 5) is 46.5. The van der Waals surface area contributed by atoms with E-state index in [1.165, 1.54) is 6.20 Å². The zero-order valence-electron chi connectivity index (χ0n) is 14.0. The molecule has 0 saturated carbocycles. The molecule has 3 rings (SSSR count). The molecule has 26 heavy (non-hydrogen) atoms. The van der Waals surface area contributed by atoms with Crippen molar-refractivity contribution in [3.8, 4) is 0 Å². The predicted molar refractivity (Wildman–Crippen MR) is 91.6 cm³/mol. The van der Waals surface area contributed by atoms with Crippen LogP contribution in [0.15, 0.2) is 42.7 Å². The molecule has 0 unspecified atom stereocenters. The molecular formula is C18H18N4O4. The lowest BCUT2D eigenvalue weighted by Crippen LogP contribution is -2.51. The average molecular weight is 354 g/mol. The molecule has 1 aromatic carbocycles. The van der Waals surface area contributed by atoms with Crippen LogP contribution in [0.3, 0.4) is 0 Å². The highest BCUT2D eigenvalue weighted by Crippen LogP contribution is 2.09. The molecule has 2 aromatic rings. The Balaban J connectivity index is 1.55. The number of amides is 2. The summed E-state index contributed by atoms with van der Waals surface area (Å²) in [6.07, 6.45) is 2.57. The Bertz CT molecular complexity index is 800. The Kier molecular flexibility index (Phi) is 5.21. The van der Waals surface area contributed by atoms with Gasteiger partial charge in [0.2, 0.25) is 5.91 Å². The van der Waals surface area contributed by atoms with E-state index in [9.17, 15) is 14.4 Å². The Morgan fingerprint density at radius 3 is 2.04 bits per heavy atom. The van der Waals surface area contributed by atoms with Gasteiger partial charge in [-0.1, -0.05) is 30.3 Å². The number of rotatable bonds is 4. The lowest BCUT2D eigenvalue weighted by molar-refractivity contribution is -0.131. The molecule has 134 valence electrons. The van der Waals surface area contributed by atoms with Crippen molar-refractivity contribution in [2.24, 2.45) is 0 Å². The number of carbonyl (C=O) groups excluding carboxylic acids is 2. The second kappa shape index (κ2) is 7.73. The summed E-state index contributed by atoms with van der Waals surface area (Å²) in [5.41, 5.74) is 0.849. The Morgan fingerprint density at radius 2 is 1.46 bits per heavy atom. The van der Waals surface area contributed by atoms with Crippen molar-refractivity contribution >= 4 is 17.8 Å². The van der Waals surface area contributed by atoms with Gasteiger partial charge in [0.15, 0.2) is 5.69 Å². The van der Waals surface area contributed by atoms with Crippen LogP contribution in [-0.2, 0) is 11.2 Å². The molecule has 1 N–H and O–H groups in total. The Hall–Kier alpha value is -3.29. The first-order valence-corrected chi connectivity index (χ1v) is 8.21. The van der Waals surface area contributed by atoms with E-state index in [0.29, 0.717) is 32.6 Å². The van der Waals surface area contributed by atoms with E-state index in [4.69, 9.17) is 5.11 Å². The molecule has 0 aliphatic carbocycles. The second-order valence-electron chi connectivity index (χ2n) is 5.93. The van der Waals surface area contributed by atoms with E-state index in [2.05, 4.69) is 9.97 Å². The van der Waals surface area contributed by atoms with E-state index < -0.39 is 5.97 Å². The van der Waals surface area contributed by atoms with Crippen molar-refractivity contribution < 1.29 is 19.5 Å². The summed E-state index contributed by atoms with van der Waals surface area (Å²) in [5.74, 6) is -1.47. The minimum atomic E-state index is -1.19. The summed E-state index contributed by atoms with van der Waals surface area (Å²) < 4.78 is 0. The second-order valence-corrected chi connectivity index (χ2v) is 5.93. The molecule has 1 saturated heterocycles. The standard InChI is InChI=1S/C18H18N4O4/c23-16(10-13-4-2-1-3-5-13)21-6-8-22(9-7-21)17(24)14-11-20-15(12-19-14)18(25)26/h1-5,11-12H,6-10H2,(H,25,26). The van der Waals surface area contributed by atoms with Crippen molar-refractivity contribution in [2.45, 2.75) is 6.42 Å². The highest BCUT2D eigenvalue weighted by molar-refractivity contribution is 5.93. The number of benzene rings is 1. The van der Waals surface area contributed by atoms with Gasteiger partial charge in [-0.3, -0.25) is 9.59 Å². The maximum Gasteiger partial charge on any atom is 0.356 e. The molecule has 0 spiro atoms. The van der Waals surface area contributed by atoms with E-state index in [-0.39, 0.29) is 23.2 Å². The monoisotopic (exact) mass is 354 g/mol. The van der Waals surface area contributed by atoms with E-state index in [0.717, 1.165) is 11.8 Å². The van der Waals surface area contributed by atoms with Crippen LogP contribution in [-0.4, -0.2) is 68.8 Å². The first-order chi connectivity index (χ1) is 12.5. The number of nitrogens with zero attached hydrogens (tertiary/aromatic N) is 4. The van der Waals surface area contributed by atoms with Crippen molar-refractivity contribution in [3.05, 3.63) is 59.7 Å². The third kappa shape index (κ3) is 4.02. The van der Waals surface area contributed by atoms with Crippen LogP contribution in [0.2, 0.25) is 0 Å². The average Bonchev–Trinajstić information content (AvgIpc) is 2.68. The number of carbonyl (C=O) groups is 3. The van der Waals surface area contributed by atoms with Crippen LogP contribution < -0.4 is 0 Å². The molecule has 8 nitrogen and oxygen atoms in total. The summed E-state index contributed by atoms with van der Waals surface area (Å²) in [7, 11) is 0. The summed E-state index contributed by atoms with van der Waals surface area (Å²) in [5, 5.41) is 8.81. The molecule has 2 heterocycles. The smallest absolute Gasteiger partial charge is 0.356 e. The normalized spacial score (nSPS) is 14.2. The molecule has 1 fully saturated rings. The lowest BCUT2D eigenvalue weighted by Gasteiger charge is -2.34. The molecule has 0 atom stereocenters. The number of carboxylic acids is 1. The molecule has 0 bridgehead atoms. The summed E-state index contributed by atoms with van der Waals surface area (Å²) in [6.45, 7) is 1.72. The molecular weight excluding hydrogens is 336 g/mol. The van der Waals surface area contributed by atoms with Crippen LogP contribution in [0.1, 0.15) is 26.5 Å². The van der Waals surface area contributed by atoms with Crippen molar-refractivity contribution in [1.29, 1.82) is 0 Å². The fourth-order valence-electron chi connectivity index (χ4n) is 2.75. The Morgan fingerprint density at radius 1 is 0.885 bits per heavy atom. The minimum Gasteiger partial charge on any atom is -0.476 e. The number of carboxylic acid groups (broad SMARTS) is 1. The predicted octanol–water partition coefficient (Wildman–Crippen LogP) is 0.702. The maximum absolute atomic E-state index is 12.4. The van der Waals surface area contributed by atoms with Crippen molar-refractivity contribution in [1.82, 2.24) is 19.8 Å². The quantitative estimate of drug-likeness (QED) is 0.867. The number of aromatic carboxylic acids is 1. The van der Waals surface area contributed by atoms with Gasteiger partial charge >= 0.3 is 5.97 Å². The van der Waals surface area contributed by atoms with Gasteiger partial charge in [-0.2, -0.15) is 0 Å². The number of piperazine rings is 1. The highest BCUT2D eigenvalue weighted by atomic mass is 16.4. The van der Waals surface area contributed by atoms with Gasteiger partial charge in [0.25, 0.3) is 5.91 Å². The Labute approximate surface area is 150 Å². The molecule has 8 heteroatoms. The summed E-state index contributed by atoms with van der Waals surface area (Å²) >= 11 is 0. The SMILES string of the molecule is O=C(O)c1cnc(C(=O)N2CCN(C(=O)Cc3ccccc3)CC2)cn1. The fourth-order valence-corrected chi connectivity index (χ4v) is 2.75. The molecule has 1 aromatic heterocycles. The van der Waals surface area contributed by atoms with Gasteiger partial charge in [-0.05, 0) is 5.56 Å². The van der Waals surface area contributed by atoms with Gasteiger partial charge in [0.1, 0.15) is 5.69 Å². The number of aromatic nitrogens is 2. The number of hydrogen-bond acceptors (Lipinski definition) is 5. The highest BCUT2D eigenvalue weighted by Gasteiger charge is 2.25. The zero-order valence-corrected chi connectivity index (χ0v) is 14.0. The fraction of sp³-hybridized carbons (Fsp3) is 0.278. The van der Waals surface area contributed by atoms with Crippen molar-refractivity contribution in [2.75, 3.05) is 26.2 Å². The third-order valence-electron chi connectivity index (χ3n) is 4.21. The maximum atomic E-state index is 12.4. The van der Waals surface area contributed by atoms with Crippen LogP contribution in [0.25, 0.3) is 0 Å². The van der Waals surface area contributed by atoms with E-state index in [1.54, 1.807) is 9.80 Å². The van der Waals surface area contributed by atoms with Gasteiger partial charge in [-0.25, -0.2) is 14.8 Å². The van der Waals surface area contributed by atoms with Gasteiger partial charge in [0.05, 0.1) is 18.8 Å². The van der Waals surface area contributed by atoms with Crippen LogP contribution in [0.5, 0.6) is 0 Å². The largest absolute Gasteiger partial charge is 0.476 e. The summed E-state index contributed by atoms with van der Waals surface area (Å²) in [6, 6.07) is 9.53. The zero-order chi connectivity index (χ0) is 18.5. The minimum absolute atomic E-state index is 0.0360. The molecule has 2 amide bonds. The van der Waals surface area contributed by atoms with Crippen LogP contribution in [0.4, 0.5) is 0 Å². The van der Waals surface area contributed by atoms with E-state index >= 15 is 0 Å².